The lowest BCUT2D eigenvalue weighted by Crippen LogP contribution is -2.46. The molecule has 0 saturated heterocycles. The number of allylic oxidation sites excluding steroid dienone is 2. The smallest absolute Gasteiger partial charge is 0.192 e. The molecule has 0 saturated carbocycles. The average Bonchev–Trinajstić information content (AvgIpc) is 2.82. The zero-order valence-corrected chi connectivity index (χ0v) is 8.81. The molecule has 0 bridgehead atoms. The molecule has 0 spiro atoms. The summed E-state index contributed by atoms with van der Waals surface area (Å²) < 4.78 is 5.08. The molecule has 2 atom stereocenters. The van der Waals surface area contributed by atoms with Crippen LogP contribution in [0, 0.1) is 11.8 Å². The summed E-state index contributed by atoms with van der Waals surface area (Å²) >= 11 is 0. The molecule has 2 aliphatic carbocycles. The first-order valence-corrected chi connectivity index (χ1v) is 4.98. The van der Waals surface area contributed by atoms with E-state index in [0.717, 1.165) is 0 Å². The van der Waals surface area contributed by atoms with Gasteiger partial charge in [0.2, 0.25) is 0 Å². The molecule has 0 heterocycles. The number of rotatable bonds is 2. The average molecular weight is 206 g/mol. The lowest BCUT2D eigenvalue weighted by Gasteiger charge is -2.31. The van der Waals surface area contributed by atoms with Gasteiger partial charge in [0.15, 0.2) is 5.78 Å². The van der Waals surface area contributed by atoms with E-state index in [9.17, 15) is 9.90 Å². The quantitative estimate of drug-likeness (QED) is 0.738. The standard InChI is InChI=1S/C12H14O3/c1-8-10(15-2)7-11(13)12(8,14)9-5-3-4-6-9/h3-9,14H,1-2H3/t8-,12+/m0/s1. The SMILES string of the molecule is COC1=CC(=O)[C@](O)(C2C=CC=C2)[C@H]1C. The molecule has 3 nitrogen and oxygen atoms in total. The first kappa shape index (κ1) is 10.2. The van der Waals surface area contributed by atoms with Crippen LogP contribution in [0.2, 0.25) is 0 Å². The lowest BCUT2D eigenvalue weighted by atomic mass is 9.79. The van der Waals surface area contributed by atoms with Gasteiger partial charge in [0.1, 0.15) is 11.4 Å². The summed E-state index contributed by atoms with van der Waals surface area (Å²) in [7, 11) is 1.52. The Morgan fingerprint density at radius 1 is 1.40 bits per heavy atom. The van der Waals surface area contributed by atoms with Crippen molar-refractivity contribution in [1.82, 2.24) is 0 Å². The third-order valence-electron chi connectivity index (χ3n) is 3.25. The number of aliphatic hydroxyl groups is 1. The minimum Gasteiger partial charge on any atom is -0.501 e. The van der Waals surface area contributed by atoms with E-state index in [0.29, 0.717) is 5.76 Å². The molecule has 2 rings (SSSR count). The number of carbonyl (C=O) groups is 1. The highest BCUT2D eigenvalue weighted by Gasteiger charge is 2.51. The van der Waals surface area contributed by atoms with Crippen molar-refractivity contribution in [3.05, 3.63) is 36.1 Å². The Kier molecular flexibility index (Phi) is 2.27. The van der Waals surface area contributed by atoms with Gasteiger partial charge >= 0.3 is 0 Å². The molecular formula is C12H14O3. The Bertz CT molecular complexity index is 366. The Hall–Kier alpha value is -1.35. The van der Waals surface area contributed by atoms with E-state index in [-0.39, 0.29) is 17.6 Å². The van der Waals surface area contributed by atoms with Gasteiger partial charge in [0, 0.05) is 12.0 Å². The summed E-state index contributed by atoms with van der Waals surface area (Å²) in [6.45, 7) is 1.81. The van der Waals surface area contributed by atoms with E-state index in [1.807, 2.05) is 24.3 Å². The summed E-state index contributed by atoms with van der Waals surface area (Å²) in [4.78, 5) is 11.8. The van der Waals surface area contributed by atoms with Gasteiger partial charge in [-0.25, -0.2) is 0 Å². The van der Waals surface area contributed by atoms with Crippen molar-refractivity contribution in [2.75, 3.05) is 7.11 Å². The van der Waals surface area contributed by atoms with E-state index in [1.54, 1.807) is 6.92 Å². The Balaban J connectivity index is 2.34. The first-order chi connectivity index (χ1) is 7.10. The Morgan fingerprint density at radius 2 is 2.00 bits per heavy atom. The third-order valence-corrected chi connectivity index (χ3v) is 3.25. The van der Waals surface area contributed by atoms with Gasteiger partial charge in [0.05, 0.1) is 13.0 Å². The molecule has 2 aliphatic rings. The normalized spacial score (nSPS) is 35.0. The van der Waals surface area contributed by atoms with Crippen LogP contribution in [0.3, 0.4) is 0 Å². The van der Waals surface area contributed by atoms with E-state index < -0.39 is 5.60 Å². The predicted molar refractivity (Wildman–Crippen MR) is 56.0 cm³/mol. The van der Waals surface area contributed by atoms with Gasteiger partial charge < -0.3 is 9.84 Å². The second-order valence-corrected chi connectivity index (χ2v) is 3.96. The van der Waals surface area contributed by atoms with Crippen LogP contribution in [0.5, 0.6) is 0 Å². The number of hydrogen-bond donors (Lipinski definition) is 1. The minimum absolute atomic E-state index is 0.246. The molecule has 0 fully saturated rings. The maximum Gasteiger partial charge on any atom is 0.192 e. The molecular weight excluding hydrogens is 192 g/mol. The van der Waals surface area contributed by atoms with Crippen molar-refractivity contribution >= 4 is 5.78 Å². The molecule has 0 aromatic carbocycles. The van der Waals surface area contributed by atoms with Crippen LogP contribution < -0.4 is 0 Å². The Labute approximate surface area is 88.7 Å². The predicted octanol–water partition coefficient (Wildman–Crippen LogP) is 1.21. The van der Waals surface area contributed by atoms with Crippen molar-refractivity contribution in [3.63, 3.8) is 0 Å². The molecule has 15 heavy (non-hydrogen) atoms. The highest BCUT2D eigenvalue weighted by atomic mass is 16.5. The largest absolute Gasteiger partial charge is 0.501 e. The van der Waals surface area contributed by atoms with Gasteiger partial charge in [-0.1, -0.05) is 31.2 Å². The van der Waals surface area contributed by atoms with Crippen LogP contribution in [0.15, 0.2) is 36.1 Å². The number of hydrogen-bond acceptors (Lipinski definition) is 3. The molecule has 0 unspecified atom stereocenters. The van der Waals surface area contributed by atoms with Crippen LogP contribution in [-0.2, 0) is 9.53 Å². The molecule has 0 aliphatic heterocycles. The van der Waals surface area contributed by atoms with Crippen LogP contribution in [0.1, 0.15) is 6.92 Å². The van der Waals surface area contributed by atoms with E-state index >= 15 is 0 Å². The van der Waals surface area contributed by atoms with Gasteiger partial charge in [-0.3, -0.25) is 4.79 Å². The van der Waals surface area contributed by atoms with E-state index in [4.69, 9.17) is 4.74 Å². The van der Waals surface area contributed by atoms with Gasteiger partial charge in [-0.05, 0) is 0 Å². The maximum absolute atomic E-state index is 11.8. The molecule has 0 radical (unpaired) electrons. The molecule has 3 heteroatoms. The van der Waals surface area contributed by atoms with Crippen LogP contribution in [0.25, 0.3) is 0 Å². The van der Waals surface area contributed by atoms with Crippen LogP contribution in [-0.4, -0.2) is 23.6 Å². The number of methoxy groups -OCH3 is 1. The van der Waals surface area contributed by atoms with Gasteiger partial charge in [-0.2, -0.15) is 0 Å². The highest BCUT2D eigenvalue weighted by molar-refractivity contribution is 6.01. The topological polar surface area (TPSA) is 46.5 Å². The summed E-state index contributed by atoms with van der Waals surface area (Å²) in [6, 6.07) is 0. The first-order valence-electron chi connectivity index (χ1n) is 4.98. The van der Waals surface area contributed by atoms with E-state index in [2.05, 4.69) is 0 Å². The number of ether oxygens (including phenoxy) is 1. The van der Waals surface area contributed by atoms with Crippen molar-refractivity contribution in [2.24, 2.45) is 11.8 Å². The summed E-state index contributed by atoms with van der Waals surface area (Å²) in [5.41, 5.74) is -1.37. The van der Waals surface area contributed by atoms with Crippen molar-refractivity contribution < 1.29 is 14.6 Å². The molecule has 0 amide bonds. The Morgan fingerprint density at radius 3 is 2.47 bits per heavy atom. The summed E-state index contributed by atoms with van der Waals surface area (Å²) in [6.07, 6.45) is 8.74. The number of carbonyl (C=O) groups excluding carboxylic acids is 1. The zero-order chi connectivity index (χ0) is 11.1. The second kappa shape index (κ2) is 3.35. The lowest BCUT2D eigenvalue weighted by molar-refractivity contribution is -0.137. The molecule has 80 valence electrons. The third kappa shape index (κ3) is 1.27. The molecule has 0 aromatic rings. The van der Waals surface area contributed by atoms with Gasteiger partial charge in [-0.15, -0.1) is 0 Å². The van der Waals surface area contributed by atoms with Crippen molar-refractivity contribution in [1.29, 1.82) is 0 Å². The van der Waals surface area contributed by atoms with Crippen molar-refractivity contribution in [2.45, 2.75) is 12.5 Å². The fourth-order valence-corrected chi connectivity index (χ4v) is 2.21. The maximum atomic E-state index is 11.8. The second-order valence-electron chi connectivity index (χ2n) is 3.96. The van der Waals surface area contributed by atoms with E-state index in [1.165, 1.54) is 13.2 Å². The molecule has 1 N–H and O–H groups in total. The summed E-state index contributed by atoms with van der Waals surface area (Å²) in [5, 5.41) is 10.4. The fraction of sp³-hybridized carbons (Fsp3) is 0.417. The van der Waals surface area contributed by atoms with Gasteiger partial charge in [0.25, 0.3) is 0 Å². The van der Waals surface area contributed by atoms with Crippen LogP contribution in [0.4, 0.5) is 0 Å². The summed E-state index contributed by atoms with van der Waals surface area (Å²) in [5.74, 6) is -0.263. The minimum atomic E-state index is -1.37. The highest BCUT2D eigenvalue weighted by Crippen LogP contribution is 2.40. The fourth-order valence-electron chi connectivity index (χ4n) is 2.21. The van der Waals surface area contributed by atoms with Crippen molar-refractivity contribution in [3.8, 4) is 0 Å². The monoisotopic (exact) mass is 206 g/mol. The zero-order valence-electron chi connectivity index (χ0n) is 8.81. The number of ketones is 1. The molecule has 0 aromatic heterocycles. The van der Waals surface area contributed by atoms with Crippen LogP contribution >= 0.6 is 0 Å².